The number of aliphatic hydroxyl groups is 3. The molecule has 10 heteroatoms. The van der Waals surface area contributed by atoms with Crippen LogP contribution in [0.25, 0.3) is 11.2 Å². The van der Waals surface area contributed by atoms with E-state index in [1.54, 1.807) is 0 Å². The average Bonchev–Trinajstić information content (AvgIpc) is 3.21. The number of nitrogens with one attached hydrogen (secondary N) is 1. The fraction of sp³-hybridized carbons (Fsp3) is 0.389. The monoisotopic (exact) mass is 386 g/mol. The minimum atomic E-state index is -1.28. The lowest BCUT2D eigenvalue weighted by atomic mass is 10.1. The van der Waals surface area contributed by atoms with Crippen molar-refractivity contribution in [3.05, 3.63) is 42.2 Å². The molecule has 3 heterocycles. The maximum atomic E-state index is 10.5. The second kappa shape index (κ2) is 7.32. The first-order valence-electron chi connectivity index (χ1n) is 8.93. The lowest BCUT2D eigenvalue weighted by molar-refractivity contribution is -0.0501. The van der Waals surface area contributed by atoms with E-state index in [9.17, 15) is 15.3 Å². The SMILES string of the molecule is C[C@H](Nc1nc2c(N)ncnc2n1[C@@H]1O[C@H](CO)C(O)C1O)c1ccccc1. The van der Waals surface area contributed by atoms with Crippen molar-refractivity contribution in [2.24, 2.45) is 0 Å². The molecule has 1 aromatic carbocycles. The largest absolute Gasteiger partial charge is 0.394 e. The van der Waals surface area contributed by atoms with E-state index >= 15 is 0 Å². The number of hydrogen-bond acceptors (Lipinski definition) is 9. The molecule has 28 heavy (non-hydrogen) atoms. The highest BCUT2D eigenvalue weighted by Gasteiger charge is 2.45. The van der Waals surface area contributed by atoms with Gasteiger partial charge >= 0.3 is 0 Å². The predicted molar refractivity (Wildman–Crippen MR) is 101 cm³/mol. The van der Waals surface area contributed by atoms with E-state index in [4.69, 9.17) is 10.5 Å². The second-order valence-electron chi connectivity index (χ2n) is 6.74. The Kier molecular flexibility index (Phi) is 4.85. The Hall–Kier alpha value is -2.79. The molecule has 3 aromatic rings. The highest BCUT2D eigenvalue weighted by atomic mass is 16.6. The quantitative estimate of drug-likeness (QED) is 0.414. The number of fused-ring (bicyclic) bond motifs is 1. The number of benzene rings is 1. The van der Waals surface area contributed by atoms with Crippen molar-refractivity contribution < 1.29 is 20.1 Å². The molecule has 6 N–H and O–H groups in total. The van der Waals surface area contributed by atoms with Gasteiger partial charge in [-0.2, -0.15) is 0 Å². The van der Waals surface area contributed by atoms with E-state index in [0.717, 1.165) is 5.56 Å². The number of anilines is 2. The molecule has 4 rings (SSSR count). The lowest BCUT2D eigenvalue weighted by Gasteiger charge is -2.22. The lowest BCUT2D eigenvalue weighted by Crippen LogP contribution is -2.33. The Morgan fingerprint density at radius 1 is 1.21 bits per heavy atom. The summed E-state index contributed by atoms with van der Waals surface area (Å²) in [6.07, 6.45) is -3.15. The zero-order valence-corrected chi connectivity index (χ0v) is 15.2. The van der Waals surface area contributed by atoms with Crippen LogP contribution >= 0.6 is 0 Å². The summed E-state index contributed by atoms with van der Waals surface area (Å²) in [5.74, 6) is 0.541. The minimum Gasteiger partial charge on any atom is -0.394 e. The van der Waals surface area contributed by atoms with Crippen LogP contribution in [0.15, 0.2) is 36.7 Å². The Labute approximate surface area is 160 Å². The van der Waals surface area contributed by atoms with Crippen molar-refractivity contribution >= 4 is 22.9 Å². The summed E-state index contributed by atoms with van der Waals surface area (Å²) < 4.78 is 7.23. The van der Waals surface area contributed by atoms with Gasteiger partial charge in [0.25, 0.3) is 0 Å². The standard InChI is InChI=1S/C18H22N6O4/c1-9(10-5-3-2-4-6-10)22-18-23-12-15(19)20-8-21-16(12)24(18)17-14(27)13(26)11(7-25)28-17/h2-6,8-9,11,13-14,17,25-27H,7H2,1H3,(H,22,23)(H2,19,20,21)/t9-,11+,13?,14?,17+/m0/s1. The molecular weight excluding hydrogens is 364 g/mol. The third kappa shape index (κ3) is 3.06. The van der Waals surface area contributed by atoms with Crippen molar-refractivity contribution in [1.82, 2.24) is 19.5 Å². The van der Waals surface area contributed by atoms with Gasteiger partial charge in [0.15, 0.2) is 23.2 Å². The number of rotatable bonds is 5. The normalized spacial score (nSPS) is 25.9. The van der Waals surface area contributed by atoms with E-state index in [1.807, 2.05) is 37.3 Å². The van der Waals surface area contributed by atoms with Gasteiger partial charge in [-0.25, -0.2) is 15.0 Å². The molecule has 1 aliphatic rings. The van der Waals surface area contributed by atoms with Crippen LogP contribution < -0.4 is 11.1 Å². The fourth-order valence-electron chi connectivity index (χ4n) is 3.38. The van der Waals surface area contributed by atoms with Crippen molar-refractivity contribution in [1.29, 1.82) is 0 Å². The van der Waals surface area contributed by atoms with Crippen LogP contribution in [0.5, 0.6) is 0 Å². The van der Waals surface area contributed by atoms with Crippen LogP contribution in [0, 0.1) is 0 Å². The molecule has 10 nitrogen and oxygen atoms in total. The number of ether oxygens (including phenoxy) is 1. The van der Waals surface area contributed by atoms with Gasteiger partial charge < -0.3 is 31.1 Å². The van der Waals surface area contributed by atoms with Crippen LogP contribution in [0.4, 0.5) is 11.8 Å². The van der Waals surface area contributed by atoms with E-state index in [-0.39, 0.29) is 11.9 Å². The topological polar surface area (TPSA) is 152 Å². The molecule has 0 saturated carbocycles. The highest BCUT2D eigenvalue weighted by Crippen LogP contribution is 2.36. The summed E-state index contributed by atoms with van der Waals surface area (Å²) in [5.41, 5.74) is 7.68. The van der Waals surface area contributed by atoms with Crippen molar-refractivity contribution in [2.45, 2.75) is 37.5 Å². The van der Waals surface area contributed by atoms with Gasteiger partial charge in [0.05, 0.1) is 12.6 Å². The third-order valence-corrected chi connectivity index (χ3v) is 4.92. The van der Waals surface area contributed by atoms with Crippen molar-refractivity contribution in [2.75, 3.05) is 17.7 Å². The van der Waals surface area contributed by atoms with Gasteiger partial charge in [0.2, 0.25) is 5.95 Å². The predicted octanol–water partition coefficient (Wildman–Crippen LogP) is 0.193. The molecular formula is C18H22N6O4. The van der Waals surface area contributed by atoms with Gasteiger partial charge in [-0.15, -0.1) is 0 Å². The summed E-state index contributed by atoms with van der Waals surface area (Å²) in [5, 5.41) is 33.3. The number of hydrogen-bond donors (Lipinski definition) is 5. The van der Waals surface area contributed by atoms with Crippen molar-refractivity contribution in [3.8, 4) is 0 Å². The van der Waals surface area contributed by atoms with Gasteiger partial charge in [-0.05, 0) is 12.5 Å². The Bertz CT molecular complexity index is 965. The molecule has 2 aromatic heterocycles. The number of nitrogens with two attached hydrogens (primary N) is 1. The molecule has 148 valence electrons. The first-order valence-corrected chi connectivity index (χ1v) is 8.93. The molecule has 0 bridgehead atoms. The fourth-order valence-corrected chi connectivity index (χ4v) is 3.38. The molecule has 2 unspecified atom stereocenters. The summed E-state index contributed by atoms with van der Waals surface area (Å²) in [7, 11) is 0. The van der Waals surface area contributed by atoms with E-state index < -0.39 is 31.1 Å². The molecule has 1 aliphatic heterocycles. The number of aromatic nitrogens is 4. The summed E-state index contributed by atoms with van der Waals surface area (Å²) in [6, 6.07) is 9.64. The molecule has 1 fully saturated rings. The van der Waals surface area contributed by atoms with Gasteiger partial charge in [0, 0.05) is 0 Å². The van der Waals surface area contributed by atoms with Gasteiger partial charge in [-0.3, -0.25) is 4.57 Å². The minimum absolute atomic E-state index is 0.122. The van der Waals surface area contributed by atoms with Gasteiger partial charge in [-0.1, -0.05) is 30.3 Å². The molecule has 1 saturated heterocycles. The third-order valence-electron chi connectivity index (χ3n) is 4.92. The zero-order chi connectivity index (χ0) is 19.8. The average molecular weight is 386 g/mol. The van der Waals surface area contributed by atoms with Crippen LogP contribution in [-0.4, -0.2) is 59.8 Å². The van der Waals surface area contributed by atoms with E-state index in [0.29, 0.717) is 17.1 Å². The Balaban J connectivity index is 1.78. The summed E-state index contributed by atoms with van der Waals surface area (Å²) in [6.45, 7) is 1.53. The van der Waals surface area contributed by atoms with Crippen LogP contribution in [-0.2, 0) is 4.74 Å². The smallest absolute Gasteiger partial charge is 0.208 e. The van der Waals surface area contributed by atoms with E-state index in [2.05, 4.69) is 20.3 Å². The summed E-state index contributed by atoms with van der Waals surface area (Å²) in [4.78, 5) is 12.7. The number of imidazole rings is 1. The number of nitrogens with zero attached hydrogens (tertiary/aromatic N) is 4. The molecule has 0 amide bonds. The first kappa shape index (κ1) is 18.6. The Morgan fingerprint density at radius 2 is 1.96 bits per heavy atom. The molecule has 0 aliphatic carbocycles. The maximum absolute atomic E-state index is 10.5. The van der Waals surface area contributed by atoms with Crippen LogP contribution in [0.1, 0.15) is 24.8 Å². The molecule has 0 spiro atoms. The maximum Gasteiger partial charge on any atom is 0.208 e. The van der Waals surface area contributed by atoms with Gasteiger partial charge in [0.1, 0.15) is 24.6 Å². The first-order chi connectivity index (χ1) is 13.5. The summed E-state index contributed by atoms with van der Waals surface area (Å²) >= 11 is 0. The molecule has 5 atom stereocenters. The van der Waals surface area contributed by atoms with Crippen LogP contribution in [0.2, 0.25) is 0 Å². The molecule has 0 radical (unpaired) electrons. The van der Waals surface area contributed by atoms with E-state index in [1.165, 1.54) is 10.9 Å². The highest BCUT2D eigenvalue weighted by molar-refractivity contribution is 5.84. The zero-order valence-electron chi connectivity index (χ0n) is 15.2. The number of nitrogen functional groups attached to an aromatic ring is 1. The Morgan fingerprint density at radius 3 is 2.64 bits per heavy atom. The second-order valence-corrected chi connectivity index (χ2v) is 6.74. The van der Waals surface area contributed by atoms with Crippen LogP contribution in [0.3, 0.4) is 0 Å². The number of aliphatic hydroxyl groups excluding tert-OH is 3. The van der Waals surface area contributed by atoms with Crippen molar-refractivity contribution in [3.63, 3.8) is 0 Å².